The molecule has 2 rings (SSSR count). The molecule has 0 aliphatic carbocycles. The van der Waals surface area contributed by atoms with Crippen molar-refractivity contribution in [1.82, 2.24) is 9.66 Å². The van der Waals surface area contributed by atoms with Gasteiger partial charge >= 0.3 is 0 Å². The van der Waals surface area contributed by atoms with Crippen LogP contribution in [0.25, 0.3) is 5.70 Å². The van der Waals surface area contributed by atoms with E-state index in [4.69, 9.17) is 10.5 Å². The number of nitroso groups, excluding NO2 is 1. The van der Waals surface area contributed by atoms with Gasteiger partial charge in [-0.05, 0) is 6.92 Å². The lowest BCUT2D eigenvalue weighted by molar-refractivity contribution is -0.0443. The second kappa shape index (κ2) is 6.28. The van der Waals surface area contributed by atoms with Crippen LogP contribution in [-0.2, 0) is 10.3 Å². The summed E-state index contributed by atoms with van der Waals surface area (Å²) in [5.41, 5.74) is 4.64. The summed E-state index contributed by atoms with van der Waals surface area (Å²) in [6, 6.07) is 1.22. The SMILES string of the molecule is C=C(N)c1ncc([C@]2(C#N)O[C@H](CO)[C@@H](N=O)[C@@H]2C)n1/N=C\C. The highest BCUT2D eigenvalue weighted by atomic mass is 16.5. The Kier molecular flexibility index (Phi) is 4.58. The second-order valence-electron chi connectivity index (χ2n) is 5.25. The molecule has 9 heteroatoms. The number of hydrogen-bond donors (Lipinski definition) is 2. The van der Waals surface area contributed by atoms with Gasteiger partial charge in [-0.1, -0.05) is 18.7 Å². The lowest BCUT2D eigenvalue weighted by Gasteiger charge is -2.25. The molecule has 0 unspecified atom stereocenters. The molecule has 0 radical (unpaired) electrons. The quantitative estimate of drug-likeness (QED) is 0.600. The maximum atomic E-state index is 11.1. The molecule has 0 spiro atoms. The first-order chi connectivity index (χ1) is 11.0. The van der Waals surface area contributed by atoms with E-state index < -0.39 is 30.3 Å². The van der Waals surface area contributed by atoms with Crippen LogP contribution in [0.1, 0.15) is 25.4 Å². The standard InChI is InChI=1S/C14H18N6O3/c1-4-18-20-11(5-17-13(20)9(3)16)14(7-15)8(2)12(19-22)10(6-21)23-14/h4-5,8,10,12,21H,3,6,16H2,1-2H3/b18-4-/t8-,10+,12-,14+/m0/s1. The number of aliphatic hydroxyl groups excluding tert-OH is 1. The van der Waals surface area contributed by atoms with E-state index in [2.05, 4.69) is 27.9 Å². The Hall–Kier alpha value is -2.57. The number of aliphatic hydroxyl groups is 1. The van der Waals surface area contributed by atoms with Crippen molar-refractivity contribution in [2.24, 2.45) is 21.9 Å². The van der Waals surface area contributed by atoms with Crippen molar-refractivity contribution in [3.05, 3.63) is 29.2 Å². The maximum Gasteiger partial charge on any atom is 0.203 e. The second-order valence-corrected chi connectivity index (χ2v) is 5.25. The minimum absolute atomic E-state index is 0.171. The number of nitrogens with zero attached hydrogens (tertiary/aromatic N) is 5. The lowest BCUT2D eigenvalue weighted by Crippen LogP contribution is -2.34. The molecule has 0 aromatic carbocycles. The molecule has 0 bridgehead atoms. The normalized spacial score (nSPS) is 30.4. The van der Waals surface area contributed by atoms with Crippen LogP contribution in [0.15, 0.2) is 23.1 Å². The van der Waals surface area contributed by atoms with Crippen molar-refractivity contribution in [1.29, 1.82) is 5.26 Å². The average molecular weight is 318 g/mol. The van der Waals surface area contributed by atoms with Crippen LogP contribution in [0.5, 0.6) is 0 Å². The third-order valence-corrected chi connectivity index (χ3v) is 3.98. The summed E-state index contributed by atoms with van der Waals surface area (Å²) in [5.74, 6) is -0.338. The highest BCUT2D eigenvalue weighted by Gasteiger charge is 2.57. The van der Waals surface area contributed by atoms with E-state index in [0.717, 1.165) is 0 Å². The summed E-state index contributed by atoms with van der Waals surface area (Å²) >= 11 is 0. The molecule has 1 aromatic rings. The molecule has 1 aliphatic heterocycles. The first kappa shape index (κ1) is 16.8. The maximum absolute atomic E-state index is 11.1. The smallest absolute Gasteiger partial charge is 0.203 e. The van der Waals surface area contributed by atoms with Gasteiger partial charge in [0.25, 0.3) is 0 Å². The number of ether oxygens (including phenoxy) is 1. The Morgan fingerprint density at radius 1 is 1.78 bits per heavy atom. The van der Waals surface area contributed by atoms with Crippen LogP contribution in [0.4, 0.5) is 0 Å². The molecular weight excluding hydrogens is 300 g/mol. The van der Waals surface area contributed by atoms with Crippen LogP contribution < -0.4 is 5.73 Å². The Morgan fingerprint density at radius 3 is 2.91 bits per heavy atom. The Labute approximate surface area is 133 Å². The molecule has 0 saturated carbocycles. The number of hydrogen-bond acceptors (Lipinski definition) is 8. The molecule has 1 fully saturated rings. The minimum Gasteiger partial charge on any atom is -0.396 e. The fourth-order valence-electron chi connectivity index (χ4n) is 2.81. The molecule has 1 aromatic heterocycles. The predicted octanol–water partition coefficient (Wildman–Crippen LogP) is 0.547. The molecule has 0 amide bonds. The lowest BCUT2D eigenvalue weighted by atomic mass is 9.84. The summed E-state index contributed by atoms with van der Waals surface area (Å²) in [5, 5.41) is 26.3. The van der Waals surface area contributed by atoms with Gasteiger partial charge in [0.1, 0.15) is 23.9 Å². The van der Waals surface area contributed by atoms with E-state index in [1.54, 1.807) is 13.8 Å². The van der Waals surface area contributed by atoms with E-state index in [0.29, 0.717) is 5.69 Å². The summed E-state index contributed by atoms with van der Waals surface area (Å²) < 4.78 is 7.07. The highest BCUT2D eigenvalue weighted by Crippen LogP contribution is 2.45. The summed E-state index contributed by atoms with van der Waals surface area (Å²) in [7, 11) is 0. The number of rotatable bonds is 5. The number of nitriles is 1. The highest BCUT2D eigenvalue weighted by molar-refractivity contribution is 5.57. The largest absolute Gasteiger partial charge is 0.396 e. The first-order valence-corrected chi connectivity index (χ1v) is 7.01. The molecule has 1 aliphatic rings. The number of imidazole rings is 1. The van der Waals surface area contributed by atoms with Crippen molar-refractivity contribution in [3.63, 3.8) is 0 Å². The zero-order valence-electron chi connectivity index (χ0n) is 12.9. The van der Waals surface area contributed by atoms with E-state index in [-0.39, 0.29) is 11.5 Å². The van der Waals surface area contributed by atoms with Gasteiger partial charge in [0.2, 0.25) is 5.60 Å². The van der Waals surface area contributed by atoms with E-state index in [9.17, 15) is 15.3 Å². The first-order valence-electron chi connectivity index (χ1n) is 7.01. The third kappa shape index (κ3) is 2.42. The van der Waals surface area contributed by atoms with Crippen LogP contribution >= 0.6 is 0 Å². The Bertz CT molecular complexity index is 691. The molecule has 1 saturated heterocycles. The minimum atomic E-state index is -1.53. The van der Waals surface area contributed by atoms with Gasteiger partial charge in [-0.2, -0.15) is 15.3 Å². The summed E-state index contributed by atoms with van der Waals surface area (Å²) in [6.45, 7) is 6.55. The molecule has 122 valence electrons. The van der Waals surface area contributed by atoms with Crippen LogP contribution in [0.3, 0.4) is 0 Å². The Balaban J connectivity index is 2.65. The van der Waals surface area contributed by atoms with Crippen molar-refractivity contribution in [3.8, 4) is 6.07 Å². The van der Waals surface area contributed by atoms with E-state index in [1.165, 1.54) is 17.1 Å². The summed E-state index contributed by atoms with van der Waals surface area (Å²) in [6.07, 6.45) is 2.03. The van der Waals surface area contributed by atoms with Crippen molar-refractivity contribution < 1.29 is 9.84 Å². The van der Waals surface area contributed by atoms with Crippen molar-refractivity contribution in [2.75, 3.05) is 6.61 Å². The zero-order valence-corrected chi connectivity index (χ0v) is 12.9. The van der Waals surface area contributed by atoms with Gasteiger partial charge in [0.15, 0.2) is 5.82 Å². The van der Waals surface area contributed by atoms with Gasteiger partial charge in [0.05, 0.1) is 18.5 Å². The Morgan fingerprint density at radius 2 is 2.48 bits per heavy atom. The molecule has 9 nitrogen and oxygen atoms in total. The molecule has 23 heavy (non-hydrogen) atoms. The van der Waals surface area contributed by atoms with Gasteiger partial charge in [-0.15, -0.1) is 0 Å². The van der Waals surface area contributed by atoms with Gasteiger partial charge < -0.3 is 15.6 Å². The molecule has 4 atom stereocenters. The summed E-state index contributed by atoms with van der Waals surface area (Å²) in [4.78, 5) is 15.2. The fraction of sp³-hybridized carbons (Fsp3) is 0.500. The molecule has 3 N–H and O–H groups in total. The van der Waals surface area contributed by atoms with Crippen LogP contribution in [0, 0.1) is 22.2 Å². The van der Waals surface area contributed by atoms with E-state index >= 15 is 0 Å². The predicted molar refractivity (Wildman–Crippen MR) is 83.0 cm³/mol. The van der Waals surface area contributed by atoms with E-state index in [1.807, 2.05) is 0 Å². The fourth-order valence-corrected chi connectivity index (χ4v) is 2.81. The molecular formula is C14H18N6O3. The average Bonchev–Trinajstić information content (AvgIpc) is 3.07. The topological polar surface area (TPSA) is 139 Å². The van der Waals surface area contributed by atoms with Gasteiger partial charge in [-0.25, -0.2) is 9.66 Å². The number of aromatic nitrogens is 2. The van der Waals surface area contributed by atoms with Gasteiger partial charge in [-0.3, -0.25) is 0 Å². The molecule has 2 heterocycles. The van der Waals surface area contributed by atoms with Crippen LogP contribution in [-0.4, -0.2) is 39.7 Å². The zero-order chi connectivity index (χ0) is 17.2. The van der Waals surface area contributed by atoms with Crippen molar-refractivity contribution in [2.45, 2.75) is 31.6 Å². The van der Waals surface area contributed by atoms with Crippen LogP contribution in [0.2, 0.25) is 0 Å². The number of nitrogens with two attached hydrogens (primary N) is 1. The van der Waals surface area contributed by atoms with Gasteiger partial charge in [0, 0.05) is 12.1 Å². The monoisotopic (exact) mass is 318 g/mol. The third-order valence-electron chi connectivity index (χ3n) is 3.98. The van der Waals surface area contributed by atoms with Crippen molar-refractivity contribution >= 4 is 11.9 Å².